The van der Waals surface area contributed by atoms with E-state index < -0.39 is 0 Å². The first-order valence-electron chi connectivity index (χ1n) is 9.61. The lowest BCUT2D eigenvalue weighted by Crippen LogP contribution is -2.19. The molecule has 5 nitrogen and oxygen atoms in total. The van der Waals surface area contributed by atoms with Crippen molar-refractivity contribution >= 4 is 22.4 Å². The molecule has 2 aromatic heterocycles. The summed E-state index contributed by atoms with van der Waals surface area (Å²) >= 11 is 0. The summed E-state index contributed by atoms with van der Waals surface area (Å²) in [5, 5.41) is 15.5. The van der Waals surface area contributed by atoms with E-state index in [0.717, 1.165) is 33.6 Å². The number of phenols is 1. The normalized spacial score (nSPS) is 12.0. The fraction of sp³-hybridized carbons (Fsp3) is 0.167. The highest BCUT2D eigenvalue weighted by molar-refractivity contribution is 5.86. The number of nitrogens with one attached hydrogen (secondary N) is 2. The lowest BCUT2D eigenvalue weighted by Gasteiger charge is -2.19. The Bertz CT molecular complexity index is 1140. The van der Waals surface area contributed by atoms with Gasteiger partial charge in [0.05, 0.1) is 6.20 Å². The fourth-order valence-electron chi connectivity index (χ4n) is 3.50. The number of aryl methyl sites for hydroxylation is 1. The molecule has 4 rings (SSSR count). The molecule has 0 unspecified atom stereocenters. The number of H-pyrrole nitrogens is 1. The van der Waals surface area contributed by atoms with Gasteiger partial charge in [0.25, 0.3) is 5.82 Å². The van der Waals surface area contributed by atoms with Gasteiger partial charge in [0.1, 0.15) is 17.3 Å². The van der Waals surface area contributed by atoms with Gasteiger partial charge in [0.2, 0.25) is 0 Å². The van der Waals surface area contributed by atoms with E-state index in [2.05, 4.69) is 57.4 Å². The highest BCUT2D eigenvalue weighted by atomic mass is 16.3. The Balaban J connectivity index is 1.82. The van der Waals surface area contributed by atoms with Crippen molar-refractivity contribution in [2.75, 3.05) is 24.3 Å². The molecule has 0 bridgehead atoms. The van der Waals surface area contributed by atoms with Gasteiger partial charge in [0, 0.05) is 48.6 Å². The van der Waals surface area contributed by atoms with Gasteiger partial charge >= 0.3 is 0 Å². The van der Waals surface area contributed by atoms with Gasteiger partial charge < -0.3 is 10.0 Å². The highest BCUT2D eigenvalue weighted by Gasteiger charge is 2.24. The minimum Gasteiger partial charge on any atom is -0.505 e. The summed E-state index contributed by atoms with van der Waals surface area (Å²) < 4.78 is 0. The first kappa shape index (κ1) is 18.7. The van der Waals surface area contributed by atoms with Gasteiger partial charge in [-0.3, -0.25) is 10.3 Å². The van der Waals surface area contributed by atoms with Crippen molar-refractivity contribution in [3.8, 4) is 5.75 Å². The van der Waals surface area contributed by atoms with Crippen molar-refractivity contribution in [1.82, 2.24) is 4.98 Å². The zero-order chi connectivity index (χ0) is 20.4. The molecule has 0 radical (unpaired) electrons. The largest absolute Gasteiger partial charge is 0.505 e. The third-order valence-electron chi connectivity index (χ3n) is 5.09. The Hall–Kier alpha value is -3.60. The summed E-state index contributed by atoms with van der Waals surface area (Å²) in [5.41, 5.74) is 4.71. The van der Waals surface area contributed by atoms with Crippen LogP contribution in [0.25, 0.3) is 10.9 Å². The van der Waals surface area contributed by atoms with Crippen molar-refractivity contribution in [3.05, 3.63) is 89.7 Å². The van der Waals surface area contributed by atoms with Crippen LogP contribution in [0.1, 0.15) is 22.7 Å². The van der Waals surface area contributed by atoms with Gasteiger partial charge in [0.15, 0.2) is 0 Å². The number of fused-ring (bicyclic) bond motifs is 1. The van der Waals surface area contributed by atoms with E-state index in [4.69, 9.17) is 0 Å². The molecular weight excluding hydrogens is 360 g/mol. The average molecular weight is 385 g/mol. The molecule has 0 saturated carbocycles. The molecule has 29 heavy (non-hydrogen) atoms. The molecule has 5 heteroatoms. The molecule has 2 aromatic carbocycles. The fourth-order valence-corrected chi connectivity index (χ4v) is 3.50. The van der Waals surface area contributed by atoms with E-state index in [1.807, 2.05) is 50.6 Å². The van der Waals surface area contributed by atoms with E-state index in [1.165, 1.54) is 0 Å². The third-order valence-corrected chi connectivity index (χ3v) is 5.09. The minimum atomic E-state index is -0.240. The van der Waals surface area contributed by atoms with Crippen molar-refractivity contribution in [1.29, 1.82) is 0 Å². The van der Waals surface area contributed by atoms with E-state index >= 15 is 0 Å². The monoisotopic (exact) mass is 385 g/mol. The molecule has 0 fully saturated rings. The van der Waals surface area contributed by atoms with Crippen LogP contribution in [-0.2, 0) is 0 Å². The number of phenolic OH excluding ortho intramolecular Hbond substituents is 1. The van der Waals surface area contributed by atoms with Crippen molar-refractivity contribution in [2.24, 2.45) is 0 Å². The van der Waals surface area contributed by atoms with Gasteiger partial charge in [-0.25, -0.2) is 4.98 Å². The Morgan fingerprint density at radius 2 is 1.83 bits per heavy atom. The van der Waals surface area contributed by atoms with Crippen LogP contribution in [0, 0.1) is 6.92 Å². The van der Waals surface area contributed by atoms with E-state index in [9.17, 15) is 5.11 Å². The Kier molecular flexibility index (Phi) is 5.04. The molecule has 3 N–H and O–H groups in total. The molecule has 0 aliphatic carbocycles. The van der Waals surface area contributed by atoms with Gasteiger partial charge in [-0.2, -0.15) is 0 Å². The Labute approximate surface area is 170 Å². The predicted octanol–water partition coefficient (Wildman–Crippen LogP) is 4.33. The van der Waals surface area contributed by atoms with Crippen molar-refractivity contribution in [2.45, 2.75) is 13.0 Å². The summed E-state index contributed by atoms with van der Waals surface area (Å²) in [7, 11) is 4.04. The lowest BCUT2D eigenvalue weighted by molar-refractivity contribution is -0.361. The van der Waals surface area contributed by atoms with Crippen LogP contribution in [0.4, 0.5) is 11.5 Å². The van der Waals surface area contributed by atoms with Crippen LogP contribution in [-0.4, -0.2) is 24.2 Å². The number of aromatic nitrogens is 2. The van der Waals surface area contributed by atoms with Crippen LogP contribution in [0.15, 0.2) is 73.1 Å². The number of anilines is 2. The van der Waals surface area contributed by atoms with Gasteiger partial charge in [-0.15, -0.1) is 0 Å². The Morgan fingerprint density at radius 1 is 1.03 bits per heavy atom. The van der Waals surface area contributed by atoms with E-state index in [1.54, 1.807) is 6.20 Å². The maximum Gasteiger partial charge on any atom is 0.273 e. The number of aromatic amines is 1. The zero-order valence-corrected chi connectivity index (χ0v) is 16.8. The number of pyridine rings is 2. The maximum atomic E-state index is 11.0. The molecule has 0 aliphatic heterocycles. The highest BCUT2D eigenvalue weighted by Crippen LogP contribution is 2.36. The van der Waals surface area contributed by atoms with Crippen molar-refractivity contribution < 1.29 is 10.1 Å². The zero-order valence-electron chi connectivity index (χ0n) is 16.8. The minimum absolute atomic E-state index is 0.199. The lowest BCUT2D eigenvalue weighted by atomic mass is 9.96. The topological polar surface area (TPSA) is 62.5 Å². The molecular formula is C24H25N4O+. The summed E-state index contributed by atoms with van der Waals surface area (Å²) in [5.74, 6) is 1.08. The number of nitrogens with zero attached hydrogens (tertiary/aromatic N) is 2. The van der Waals surface area contributed by atoms with Gasteiger partial charge in [-0.05, 0) is 42.8 Å². The van der Waals surface area contributed by atoms with E-state index in [-0.39, 0.29) is 11.8 Å². The quantitative estimate of drug-likeness (QED) is 0.537. The number of benzene rings is 2. The molecule has 4 aromatic rings. The third kappa shape index (κ3) is 3.85. The summed E-state index contributed by atoms with van der Waals surface area (Å²) in [4.78, 5) is 9.70. The predicted molar refractivity (Wildman–Crippen MR) is 117 cm³/mol. The molecule has 0 spiro atoms. The Morgan fingerprint density at radius 3 is 2.55 bits per heavy atom. The summed E-state index contributed by atoms with van der Waals surface area (Å²) in [6.07, 6.45) is 3.61. The van der Waals surface area contributed by atoms with Gasteiger partial charge in [-0.1, -0.05) is 24.3 Å². The van der Waals surface area contributed by atoms with E-state index in [0.29, 0.717) is 5.52 Å². The first-order valence-corrected chi connectivity index (χ1v) is 9.61. The average Bonchev–Trinajstić information content (AvgIpc) is 2.73. The van der Waals surface area contributed by atoms with Crippen LogP contribution >= 0.6 is 0 Å². The first-order chi connectivity index (χ1) is 14.0. The van der Waals surface area contributed by atoms with Crippen LogP contribution < -0.4 is 15.2 Å². The summed E-state index contributed by atoms with van der Waals surface area (Å²) in [6.45, 7) is 2.05. The number of rotatable bonds is 5. The van der Waals surface area contributed by atoms with Crippen LogP contribution in [0.2, 0.25) is 0 Å². The van der Waals surface area contributed by atoms with Crippen LogP contribution in [0.3, 0.4) is 0 Å². The SMILES string of the molecule is Cc1cc[nH+]c(N[C@H](c2ccc(N(C)C)cc2)c2ccc3cccnc3c2O)c1. The van der Waals surface area contributed by atoms with Crippen LogP contribution in [0.5, 0.6) is 5.75 Å². The smallest absolute Gasteiger partial charge is 0.273 e. The van der Waals surface area contributed by atoms with Crippen molar-refractivity contribution in [3.63, 3.8) is 0 Å². The second-order valence-corrected chi connectivity index (χ2v) is 7.42. The summed E-state index contributed by atoms with van der Waals surface area (Å²) in [6, 6.07) is 20.0. The molecule has 0 saturated heterocycles. The second kappa shape index (κ2) is 7.80. The number of hydrogen-bond acceptors (Lipinski definition) is 4. The standard InChI is InChI=1S/C24H24N4O/c1-16-12-14-25-21(15-16)27-22(18-6-9-19(10-7-18)28(2)3)20-11-8-17-5-4-13-26-23(17)24(20)29/h4-15,22,29H,1-3H3,(H,25,27)/p+1/t22-/m1/s1. The second-order valence-electron chi connectivity index (χ2n) is 7.42. The number of hydrogen-bond donors (Lipinski definition) is 2. The molecule has 0 aliphatic rings. The molecule has 1 atom stereocenters. The maximum absolute atomic E-state index is 11.0. The molecule has 146 valence electrons. The number of aromatic hydroxyl groups is 1. The molecule has 2 heterocycles. The molecule has 0 amide bonds.